The van der Waals surface area contributed by atoms with E-state index in [-0.39, 0.29) is 0 Å². The second kappa shape index (κ2) is 4.57. The monoisotopic (exact) mass is 254 g/mol. The predicted octanol–water partition coefficient (Wildman–Crippen LogP) is 2.29. The molecule has 0 saturated carbocycles. The Hall–Kier alpha value is -0.870. The highest BCUT2D eigenvalue weighted by Crippen LogP contribution is 2.15. The lowest BCUT2D eigenvalue weighted by molar-refractivity contribution is 0.171. The van der Waals surface area contributed by atoms with Gasteiger partial charge in [0, 0.05) is 10.2 Å². The zero-order valence-corrected chi connectivity index (χ0v) is 9.25. The van der Waals surface area contributed by atoms with Crippen LogP contribution in [0.4, 0.5) is 5.69 Å². The Balaban J connectivity index is 2.06. The van der Waals surface area contributed by atoms with Crippen molar-refractivity contribution in [2.24, 2.45) is 4.99 Å². The lowest BCUT2D eigenvalue weighted by atomic mass is 10.3. The fourth-order valence-corrected chi connectivity index (χ4v) is 1.67. The number of amidine groups is 1. The summed E-state index contributed by atoms with van der Waals surface area (Å²) in [6.45, 7) is 2.05. The quantitative estimate of drug-likeness (QED) is 0.835. The molecule has 0 saturated heterocycles. The molecule has 4 heteroatoms. The lowest BCUT2D eigenvalue weighted by Crippen LogP contribution is -2.24. The van der Waals surface area contributed by atoms with Crippen LogP contribution in [0.5, 0.6) is 0 Å². The summed E-state index contributed by atoms with van der Waals surface area (Å²) >= 11 is 3.42. The van der Waals surface area contributed by atoms with Crippen molar-refractivity contribution in [1.29, 1.82) is 0 Å². The van der Waals surface area contributed by atoms with E-state index in [1.807, 2.05) is 24.3 Å². The van der Waals surface area contributed by atoms with Crippen molar-refractivity contribution in [2.45, 2.75) is 0 Å². The Morgan fingerprint density at radius 2 is 2.36 bits per heavy atom. The van der Waals surface area contributed by atoms with Crippen LogP contribution in [-0.4, -0.2) is 25.6 Å². The summed E-state index contributed by atoms with van der Waals surface area (Å²) in [4.78, 5) is 4.32. The molecule has 0 atom stereocenters. The zero-order chi connectivity index (χ0) is 9.80. The van der Waals surface area contributed by atoms with E-state index in [2.05, 4.69) is 26.2 Å². The van der Waals surface area contributed by atoms with Crippen molar-refractivity contribution in [3.8, 4) is 0 Å². The molecule has 1 aliphatic heterocycles. The number of hydrogen-bond acceptors (Lipinski definition) is 3. The summed E-state index contributed by atoms with van der Waals surface area (Å²) in [5, 5.41) is 3.22. The highest BCUT2D eigenvalue weighted by atomic mass is 79.9. The Morgan fingerprint density at radius 1 is 1.43 bits per heavy atom. The number of benzene rings is 1. The molecule has 0 aromatic heterocycles. The fraction of sp³-hybridized carbons (Fsp3) is 0.300. The molecule has 3 nitrogen and oxygen atoms in total. The van der Waals surface area contributed by atoms with Gasteiger partial charge in [0.2, 0.25) is 0 Å². The van der Waals surface area contributed by atoms with Gasteiger partial charge in [-0.1, -0.05) is 22.0 Å². The Labute approximate surface area is 91.3 Å². The molecule has 1 aliphatic rings. The van der Waals surface area contributed by atoms with E-state index in [1.54, 1.807) is 0 Å². The molecule has 0 bridgehead atoms. The summed E-state index contributed by atoms with van der Waals surface area (Å²) in [6, 6.07) is 7.99. The maximum atomic E-state index is 5.28. The third kappa shape index (κ3) is 2.56. The van der Waals surface area contributed by atoms with Crippen molar-refractivity contribution >= 4 is 27.5 Å². The molecule has 74 valence electrons. The summed E-state index contributed by atoms with van der Waals surface area (Å²) in [7, 11) is 0. The van der Waals surface area contributed by atoms with E-state index >= 15 is 0 Å². The Bertz CT molecular complexity index is 352. The van der Waals surface area contributed by atoms with Gasteiger partial charge in [-0.2, -0.15) is 0 Å². The molecular formula is C10H11BrN2O. The second-order valence-electron chi connectivity index (χ2n) is 3.02. The number of anilines is 1. The minimum Gasteiger partial charge on any atom is -0.372 e. The SMILES string of the molecule is Brc1cccc(NC2=NCCOC2)c1. The standard InChI is InChI=1S/C10H11BrN2O/c11-8-2-1-3-9(6-8)13-10-7-14-5-4-12-10/h1-3,6H,4-5,7H2,(H,12,13). The van der Waals surface area contributed by atoms with Gasteiger partial charge in [-0.3, -0.25) is 4.99 Å². The number of hydrogen-bond donors (Lipinski definition) is 1. The zero-order valence-electron chi connectivity index (χ0n) is 7.66. The number of halogens is 1. The van der Waals surface area contributed by atoms with Gasteiger partial charge >= 0.3 is 0 Å². The largest absolute Gasteiger partial charge is 0.372 e. The maximum absolute atomic E-state index is 5.28. The van der Waals surface area contributed by atoms with E-state index in [4.69, 9.17) is 4.74 Å². The topological polar surface area (TPSA) is 33.6 Å². The highest BCUT2D eigenvalue weighted by Gasteiger charge is 2.04. The van der Waals surface area contributed by atoms with Crippen LogP contribution in [0, 0.1) is 0 Å². The van der Waals surface area contributed by atoms with E-state index < -0.39 is 0 Å². The van der Waals surface area contributed by atoms with Crippen LogP contribution >= 0.6 is 15.9 Å². The third-order valence-electron chi connectivity index (χ3n) is 1.89. The van der Waals surface area contributed by atoms with Crippen molar-refractivity contribution in [3.05, 3.63) is 28.7 Å². The van der Waals surface area contributed by atoms with Crippen molar-refractivity contribution in [2.75, 3.05) is 25.1 Å². The van der Waals surface area contributed by atoms with Gasteiger partial charge in [0.1, 0.15) is 12.4 Å². The predicted molar refractivity (Wildman–Crippen MR) is 60.9 cm³/mol. The van der Waals surface area contributed by atoms with Crippen molar-refractivity contribution < 1.29 is 4.74 Å². The first-order chi connectivity index (χ1) is 6.84. The van der Waals surface area contributed by atoms with Gasteiger partial charge < -0.3 is 10.1 Å². The van der Waals surface area contributed by atoms with Gasteiger partial charge in [-0.15, -0.1) is 0 Å². The number of aliphatic imine (C=N–C) groups is 1. The third-order valence-corrected chi connectivity index (χ3v) is 2.38. The van der Waals surface area contributed by atoms with Gasteiger partial charge in [-0.05, 0) is 18.2 Å². The molecule has 1 N–H and O–H groups in total. The van der Waals surface area contributed by atoms with E-state index in [0.717, 1.165) is 29.1 Å². The fourth-order valence-electron chi connectivity index (χ4n) is 1.27. The van der Waals surface area contributed by atoms with Crippen molar-refractivity contribution in [3.63, 3.8) is 0 Å². The molecule has 0 unspecified atom stereocenters. The number of nitrogens with one attached hydrogen (secondary N) is 1. The van der Waals surface area contributed by atoms with Crippen LogP contribution in [-0.2, 0) is 4.74 Å². The molecule has 0 radical (unpaired) electrons. The molecule has 1 aromatic rings. The summed E-state index contributed by atoms with van der Waals surface area (Å²) < 4.78 is 6.33. The van der Waals surface area contributed by atoms with Crippen LogP contribution in [0.1, 0.15) is 0 Å². The Kier molecular flexibility index (Phi) is 3.16. The average molecular weight is 255 g/mol. The maximum Gasteiger partial charge on any atom is 0.127 e. The number of nitrogens with zero attached hydrogens (tertiary/aromatic N) is 1. The van der Waals surface area contributed by atoms with E-state index in [9.17, 15) is 0 Å². The molecule has 1 aromatic carbocycles. The summed E-state index contributed by atoms with van der Waals surface area (Å²) in [6.07, 6.45) is 0. The molecule has 0 spiro atoms. The van der Waals surface area contributed by atoms with Crippen molar-refractivity contribution in [1.82, 2.24) is 0 Å². The van der Waals surface area contributed by atoms with Crippen LogP contribution in [0.25, 0.3) is 0 Å². The molecular weight excluding hydrogens is 244 g/mol. The van der Waals surface area contributed by atoms with E-state index in [0.29, 0.717) is 6.61 Å². The van der Waals surface area contributed by atoms with Gasteiger partial charge in [0.15, 0.2) is 0 Å². The summed E-state index contributed by atoms with van der Waals surface area (Å²) in [5.74, 6) is 0.898. The van der Waals surface area contributed by atoms with Gasteiger partial charge in [0.25, 0.3) is 0 Å². The van der Waals surface area contributed by atoms with Crippen LogP contribution in [0.15, 0.2) is 33.7 Å². The molecule has 0 fully saturated rings. The minimum atomic E-state index is 0.576. The minimum absolute atomic E-state index is 0.576. The molecule has 0 amide bonds. The Morgan fingerprint density at radius 3 is 3.07 bits per heavy atom. The molecule has 1 heterocycles. The smallest absolute Gasteiger partial charge is 0.127 e. The van der Waals surface area contributed by atoms with Crippen LogP contribution < -0.4 is 5.32 Å². The van der Waals surface area contributed by atoms with Crippen LogP contribution in [0.2, 0.25) is 0 Å². The molecule has 14 heavy (non-hydrogen) atoms. The molecule has 2 rings (SSSR count). The first-order valence-corrected chi connectivity index (χ1v) is 5.27. The average Bonchev–Trinajstić information content (AvgIpc) is 2.19. The van der Waals surface area contributed by atoms with Crippen LogP contribution in [0.3, 0.4) is 0 Å². The second-order valence-corrected chi connectivity index (χ2v) is 3.93. The first-order valence-electron chi connectivity index (χ1n) is 4.48. The van der Waals surface area contributed by atoms with E-state index in [1.165, 1.54) is 0 Å². The van der Waals surface area contributed by atoms with Gasteiger partial charge in [0.05, 0.1) is 13.2 Å². The highest BCUT2D eigenvalue weighted by molar-refractivity contribution is 9.10. The normalized spacial score (nSPS) is 16.2. The number of ether oxygens (including phenoxy) is 1. The van der Waals surface area contributed by atoms with Gasteiger partial charge in [-0.25, -0.2) is 0 Å². The summed E-state index contributed by atoms with van der Waals surface area (Å²) in [5.41, 5.74) is 1.03. The molecule has 0 aliphatic carbocycles. The lowest BCUT2D eigenvalue weighted by Gasteiger charge is -2.14. The first kappa shape index (κ1) is 9.68. The number of rotatable bonds is 1.